The van der Waals surface area contributed by atoms with Crippen LogP contribution in [0.1, 0.15) is 18.5 Å². The van der Waals surface area contributed by atoms with Crippen LogP contribution in [-0.4, -0.2) is 46.9 Å². The Morgan fingerprint density at radius 2 is 2.08 bits per heavy atom. The van der Waals surface area contributed by atoms with Gasteiger partial charge in [-0.05, 0) is 43.0 Å². The van der Waals surface area contributed by atoms with E-state index in [1.165, 1.54) is 18.5 Å². The summed E-state index contributed by atoms with van der Waals surface area (Å²) in [4.78, 5) is 6.71. The normalized spacial score (nSPS) is 22.8. The van der Waals surface area contributed by atoms with E-state index in [-0.39, 0.29) is 6.10 Å². The molecule has 0 bridgehead atoms. The molecular weight excluding hydrogens is 302 g/mol. The van der Waals surface area contributed by atoms with Crippen molar-refractivity contribution in [2.75, 3.05) is 26.3 Å². The van der Waals surface area contributed by atoms with Crippen LogP contribution in [0.25, 0.3) is 0 Å². The highest BCUT2D eigenvalue weighted by atomic mass is 16.5. The molecule has 2 aliphatic heterocycles. The van der Waals surface area contributed by atoms with Crippen LogP contribution in [0.3, 0.4) is 0 Å². The molecule has 0 radical (unpaired) electrons. The number of pyridine rings is 1. The molecule has 0 amide bonds. The molecule has 0 unspecified atom stereocenters. The summed E-state index contributed by atoms with van der Waals surface area (Å²) in [7, 11) is 0. The second kappa shape index (κ2) is 7.36. The largest absolute Gasteiger partial charge is 0.486 e. The lowest BCUT2D eigenvalue weighted by atomic mass is 9.99. The third-order valence-electron chi connectivity index (χ3n) is 4.97. The van der Waals surface area contributed by atoms with Crippen molar-refractivity contribution in [2.45, 2.75) is 32.0 Å². The second-order valence-electron chi connectivity index (χ2n) is 6.83. The molecule has 2 aliphatic rings. The lowest BCUT2D eigenvalue weighted by molar-refractivity contribution is 0.0442. The number of fused-ring (bicyclic) bond motifs is 1. The van der Waals surface area contributed by atoms with Gasteiger partial charge >= 0.3 is 0 Å². The number of hydrogen-bond donors (Lipinski definition) is 0. The number of ether oxygens (including phenoxy) is 2. The van der Waals surface area contributed by atoms with Gasteiger partial charge in [-0.25, -0.2) is 0 Å². The van der Waals surface area contributed by atoms with Crippen molar-refractivity contribution >= 4 is 0 Å². The van der Waals surface area contributed by atoms with Crippen LogP contribution >= 0.6 is 0 Å². The van der Waals surface area contributed by atoms with Gasteiger partial charge in [0.25, 0.3) is 0 Å². The summed E-state index contributed by atoms with van der Waals surface area (Å²) >= 11 is 0. The van der Waals surface area contributed by atoms with Crippen LogP contribution in [-0.2, 0) is 17.8 Å². The first-order valence-electron chi connectivity index (χ1n) is 8.87. The predicted octanol–water partition coefficient (Wildman–Crippen LogP) is 2.57. The zero-order chi connectivity index (χ0) is 16.2. The van der Waals surface area contributed by atoms with E-state index in [9.17, 15) is 0 Å². The second-order valence-corrected chi connectivity index (χ2v) is 6.83. The van der Waals surface area contributed by atoms with Crippen LogP contribution < -0.4 is 4.74 Å². The molecule has 128 valence electrons. The number of aromatic nitrogens is 2. The molecule has 1 fully saturated rings. The lowest BCUT2D eigenvalue weighted by Gasteiger charge is -2.30. The van der Waals surface area contributed by atoms with Gasteiger partial charge in [0.1, 0.15) is 11.9 Å². The standard InChI is InChI=1S/C19H25N3O2/c1-4-18(11-20-7-1)24-19-14-21(12-16-5-9-23-10-6-16)13-17-3-2-8-22(17)15-19/h1-4,7-8,11,16,19H,5-6,9-10,12-15H2/t19-/m1/s1. The Morgan fingerprint density at radius 3 is 2.92 bits per heavy atom. The van der Waals surface area contributed by atoms with Crippen molar-refractivity contribution < 1.29 is 9.47 Å². The summed E-state index contributed by atoms with van der Waals surface area (Å²) in [6.07, 6.45) is 8.22. The molecule has 24 heavy (non-hydrogen) atoms. The summed E-state index contributed by atoms with van der Waals surface area (Å²) in [6.45, 7) is 5.78. The Kier molecular flexibility index (Phi) is 4.81. The monoisotopic (exact) mass is 327 g/mol. The van der Waals surface area contributed by atoms with Crippen LogP contribution in [0.2, 0.25) is 0 Å². The smallest absolute Gasteiger partial charge is 0.138 e. The van der Waals surface area contributed by atoms with Gasteiger partial charge in [-0.1, -0.05) is 0 Å². The van der Waals surface area contributed by atoms with Crippen LogP contribution in [0, 0.1) is 5.92 Å². The van der Waals surface area contributed by atoms with E-state index >= 15 is 0 Å². The Bertz CT molecular complexity index is 637. The third-order valence-corrected chi connectivity index (χ3v) is 4.97. The van der Waals surface area contributed by atoms with E-state index in [2.05, 4.69) is 32.8 Å². The molecule has 5 heteroatoms. The summed E-state index contributed by atoms with van der Waals surface area (Å²) < 4.78 is 14.1. The van der Waals surface area contributed by atoms with Gasteiger partial charge in [0, 0.05) is 50.9 Å². The molecule has 0 N–H and O–H groups in total. The zero-order valence-corrected chi connectivity index (χ0v) is 14.0. The average Bonchev–Trinajstić information content (AvgIpc) is 2.96. The molecule has 1 atom stereocenters. The van der Waals surface area contributed by atoms with Gasteiger partial charge in [0.15, 0.2) is 0 Å². The fourth-order valence-corrected chi connectivity index (χ4v) is 3.75. The average molecular weight is 327 g/mol. The van der Waals surface area contributed by atoms with Crippen molar-refractivity contribution in [2.24, 2.45) is 5.92 Å². The van der Waals surface area contributed by atoms with Gasteiger partial charge in [-0.2, -0.15) is 0 Å². The quantitative estimate of drug-likeness (QED) is 0.865. The minimum atomic E-state index is 0.141. The van der Waals surface area contributed by atoms with Gasteiger partial charge in [-0.3, -0.25) is 9.88 Å². The molecule has 4 rings (SSSR count). The van der Waals surface area contributed by atoms with Crippen molar-refractivity contribution in [3.63, 3.8) is 0 Å². The number of rotatable bonds is 4. The third kappa shape index (κ3) is 3.79. The Balaban J connectivity index is 1.47. The highest BCUT2D eigenvalue weighted by Gasteiger charge is 2.25. The van der Waals surface area contributed by atoms with Crippen molar-refractivity contribution in [1.29, 1.82) is 0 Å². The molecule has 1 saturated heterocycles. The molecule has 4 heterocycles. The minimum absolute atomic E-state index is 0.141. The molecular formula is C19H25N3O2. The van der Waals surface area contributed by atoms with E-state index < -0.39 is 0 Å². The van der Waals surface area contributed by atoms with Gasteiger partial charge in [-0.15, -0.1) is 0 Å². The maximum atomic E-state index is 6.23. The molecule has 0 saturated carbocycles. The number of hydrogen-bond acceptors (Lipinski definition) is 4. The Hall–Kier alpha value is -1.85. The highest BCUT2D eigenvalue weighted by molar-refractivity contribution is 5.16. The van der Waals surface area contributed by atoms with E-state index in [1.54, 1.807) is 12.4 Å². The van der Waals surface area contributed by atoms with E-state index in [1.807, 2.05) is 12.1 Å². The molecule has 0 spiro atoms. The van der Waals surface area contributed by atoms with Crippen LogP contribution in [0.4, 0.5) is 0 Å². The van der Waals surface area contributed by atoms with Crippen LogP contribution in [0.5, 0.6) is 5.75 Å². The van der Waals surface area contributed by atoms with Crippen molar-refractivity contribution in [3.05, 3.63) is 48.5 Å². The Morgan fingerprint density at radius 1 is 1.17 bits per heavy atom. The molecule has 0 aliphatic carbocycles. The van der Waals surface area contributed by atoms with Gasteiger partial charge in [0.05, 0.1) is 12.7 Å². The zero-order valence-electron chi connectivity index (χ0n) is 14.0. The lowest BCUT2D eigenvalue weighted by Crippen LogP contribution is -2.38. The minimum Gasteiger partial charge on any atom is -0.486 e. The fraction of sp³-hybridized carbons (Fsp3) is 0.526. The molecule has 5 nitrogen and oxygen atoms in total. The molecule has 2 aromatic heterocycles. The summed E-state index contributed by atoms with van der Waals surface area (Å²) in [5, 5.41) is 0. The predicted molar refractivity (Wildman–Crippen MR) is 91.9 cm³/mol. The van der Waals surface area contributed by atoms with E-state index in [4.69, 9.17) is 9.47 Å². The summed E-state index contributed by atoms with van der Waals surface area (Å²) in [5.41, 5.74) is 1.37. The highest BCUT2D eigenvalue weighted by Crippen LogP contribution is 2.22. The molecule has 2 aromatic rings. The number of nitrogens with zero attached hydrogens (tertiary/aromatic N) is 3. The SMILES string of the molecule is c1cncc(O[C@@H]2CN(CC3CCOCC3)Cc3cccn3C2)c1. The first-order valence-corrected chi connectivity index (χ1v) is 8.87. The van der Waals surface area contributed by atoms with Crippen molar-refractivity contribution in [1.82, 2.24) is 14.5 Å². The first kappa shape index (κ1) is 15.7. The first-order chi connectivity index (χ1) is 11.9. The summed E-state index contributed by atoms with van der Waals surface area (Å²) in [5.74, 6) is 1.59. The van der Waals surface area contributed by atoms with Crippen molar-refractivity contribution in [3.8, 4) is 5.75 Å². The molecule has 0 aromatic carbocycles. The van der Waals surface area contributed by atoms with Crippen LogP contribution in [0.15, 0.2) is 42.9 Å². The topological polar surface area (TPSA) is 39.5 Å². The maximum Gasteiger partial charge on any atom is 0.138 e. The summed E-state index contributed by atoms with van der Waals surface area (Å²) in [6, 6.07) is 8.27. The van der Waals surface area contributed by atoms with Gasteiger partial charge < -0.3 is 14.0 Å². The van der Waals surface area contributed by atoms with E-state index in [0.29, 0.717) is 0 Å². The Labute approximate surface area is 143 Å². The van der Waals surface area contributed by atoms with Gasteiger partial charge in [0.2, 0.25) is 0 Å². The maximum absolute atomic E-state index is 6.23. The van der Waals surface area contributed by atoms with E-state index in [0.717, 1.165) is 51.1 Å². The fourth-order valence-electron chi connectivity index (χ4n) is 3.75.